The Morgan fingerprint density at radius 3 is 2.27 bits per heavy atom. The van der Waals surface area contributed by atoms with Gasteiger partial charge in [-0.3, -0.25) is 4.99 Å². The van der Waals surface area contributed by atoms with Gasteiger partial charge in [0.2, 0.25) is 10.0 Å². The van der Waals surface area contributed by atoms with Crippen LogP contribution in [0.3, 0.4) is 0 Å². The summed E-state index contributed by atoms with van der Waals surface area (Å²) in [5, 5.41) is 3.53. The van der Waals surface area contributed by atoms with Gasteiger partial charge in [0.05, 0.1) is 6.26 Å². The van der Waals surface area contributed by atoms with Crippen molar-refractivity contribution < 1.29 is 8.42 Å². The van der Waals surface area contributed by atoms with Crippen molar-refractivity contribution >= 4 is 16.0 Å². The SMILES string of the molecule is CCN(CC)CC1CCN(C(=NC)NCC2CCN(S(C)(=O)=O)CC2)C1. The van der Waals surface area contributed by atoms with Gasteiger partial charge in [-0.15, -0.1) is 0 Å². The molecule has 2 saturated heterocycles. The van der Waals surface area contributed by atoms with Crippen LogP contribution >= 0.6 is 0 Å². The molecule has 8 heteroatoms. The molecule has 2 heterocycles. The van der Waals surface area contributed by atoms with E-state index in [-0.39, 0.29) is 0 Å². The summed E-state index contributed by atoms with van der Waals surface area (Å²) in [5.74, 6) is 2.22. The Balaban J connectivity index is 1.75. The van der Waals surface area contributed by atoms with E-state index in [1.165, 1.54) is 19.2 Å². The summed E-state index contributed by atoms with van der Waals surface area (Å²) in [6.07, 6.45) is 4.36. The molecule has 1 N–H and O–H groups in total. The van der Waals surface area contributed by atoms with Crippen molar-refractivity contribution in [3.63, 3.8) is 0 Å². The van der Waals surface area contributed by atoms with Crippen molar-refractivity contribution in [3.8, 4) is 0 Å². The molecule has 0 aromatic rings. The first-order valence-electron chi connectivity index (χ1n) is 10.00. The Hall–Kier alpha value is -0.860. The molecule has 2 aliphatic rings. The second kappa shape index (κ2) is 9.90. The van der Waals surface area contributed by atoms with Gasteiger partial charge < -0.3 is 15.1 Å². The van der Waals surface area contributed by atoms with Crippen LogP contribution in [0.4, 0.5) is 0 Å². The van der Waals surface area contributed by atoms with Gasteiger partial charge >= 0.3 is 0 Å². The lowest BCUT2D eigenvalue weighted by Gasteiger charge is -2.31. The van der Waals surface area contributed by atoms with Crippen LogP contribution < -0.4 is 5.32 Å². The first-order valence-corrected chi connectivity index (χ1v) is 11.8. The van der Waals surface area contributed by atoms with E-state index in [9.17, 15) is 8.42 Å². The molecule has 0 spiro atoms. The number of hydrogen-bond acceptors (Lipinski definition) is 4. The standard InChI is InChI=1S/C18H37N5O2S/c1-5-21(6-2)14-17-7-10-22(15-17)18(19-3)20-13-16-8-11-23(12-9-16)26(4,24)25/h16-17H,5-15H2,1-4H3,(H,19,20). The van der Waals surface area contributed by atoms with Crippen molar-refractivity contribution in [2.75, 3.05) is 65.7 Å². The van der Waals surface area contributed by atoms with Crippen molar-refractivity contribution in [1.29, 1.82) is 0 Å². The maximum absolute atomic E-state index is 11.6. The summed E-state index contributed by atoms with van der Waals surface area (Å²) in [6.45, 7) is 12.2. The lowest BCUT2D eigenvalue weighted by atomic mass is 9.98. The van der Waals surface area contributed by atoms with E-state index in [0.29, 0.717) is 24.9 Å². The van der Waals surface area contributed by atoms with Gasteiger partial charge in [0.15, 0.2) is 5.96 Å². The number of piperidine rings is 1. The fourth-order valence-corrected chi connectivity index (χ4v) is 4.91. The first kappa shape index (κ1) is 21.4. The Morgan fingerprint density at radius 1 is 1.12 bits per heavy atom. The summed E-state index contributed by atoms with van der Waals surface area (Å²) < 4.78 is 24.8. The Labute approximate surface area is 159 Å². The molecule has 0 aromatic carbocycles. The molecule has 0 radical (unpaired) electrons. The Bertz CT molecular complexity index is 554. The minimum atomic E-state index is -3.04. The molecule has 0 bridgehead atoms. The summed E-state index contributed by atoms with van der Waals surface area (Å²) in [7, 11) is -1.19. The molecule has 0 aliphatic carbocycles. The maximum atomic E-state index is 11.6. The molecule has 26 heavy (non-hydrogen) atoms. The van der Waals surface area contributed by atoms with Gasteiger partial charge in [-0.2, -0.15) is 0 Å². The van der Waals surface area contributed by atoms with Gasteiger partial charge in [-0.1, -0.05) is 13.8 Å². The number of likely N-dealkylation sites (tertiary alicyclic amines) is 1. The molecule has 152 valence electrons. The third-order valence-corrected chi connectivity index (χ3v) is 7.10. The van der Waals surface area contributed by atoms with E-state index >= 15 is 0 Å². The zero-order chi connectivity index (χ0) is 19.2. The highest BCUT2D eigenvalue weighted by atomic mass is 32.2. The van der Waals surface area contributed by atoms with Crippen molar-refractivity contribution in [2.24, 2.45) is 16.8 Å². The quantitative estimate of drug-likeness (QED) is 0.519. The average Bonchev–Trinajstić information content (AvgIpc) is 3.08. The van der Waals surface area contributed by atoms with Crippen LogP contribution in [-0.2, 0) is 10.0 Å². The van der Waals surface area contributed by atoms with E-state index in [1.807, 2.05) is 7.05 Å². The minimum Gasteiger partial charge on any atom is -0.356 e. The van der Waals surface area contributed by atoms with Crippen LogP contribution in [0.2, 0.25) is 0 Å². The number of rotatable bonds is 7. The lowest BCUT2D eigenvalue weighted by molar-refractivity contribution is 0.254. The molecule has 7 nitrogen and oxygen atoms in total. The van der Waals surface area contributed by atoms with Crippen molar-refractivity contribution in [3.05, 3.63) is 0 Å². The molecule has 1 atom stereocenters. The fraction of sp³-hybridized carbons (Fsp3) is 0.944. The molecule has 2 aliphatic heterocycles. The number of sulfonamides is 1. The van der Waals surface area contributed by atoms with Crippen LogP contribution in [-0.4, -0.2) is 94.1 Å². The summed E-state index contributed by atoms with van der Waals surface area (Å²) in [6, 6.07) is 0. The molecule has 0 saturated carbocycles. The monoisotopic (exact) mass is 387 g/mol. The second-order valence-electron chi connectivity index (χ2n) is 7.62. The van der Waals surface area contributed by atoms with E-state index in [0.717, 1.165) is 51.5 Å². The molecule has 0 aromatic heterocycles. The predicted molar refractivity (Wildman–Crippen MR) is 108 cm³/mol. The van der Waals surface area contributed by atoms with E-state index in [1.54, 1.807) is 4.31 Å². The smallest absolute Gasteiger partial charge is 0.211 e. The largest absolute Gasteiger partial charge is 0.356 e. The number of hydrogen-bond donors (Lipinski definition) is 1. The van der Waals surface area contributed by atoms with Crippen LogP contribution in [0.1, 0.15) is 33.1 Å². The fourth-order valence-electron chi connectivity index (χ4n) is 4.03. The topological polar surface area (TPSA) is 68.2 Å². The highest BCUT2D eigenvalue weighted by molar-refractivity contribution is 7.88. The van der Waals surface area contributed by atoms with E-state index < -0.39 is 10.0 Å². The van der Waals surface area contributed by atoms with Crippen LogP contribution in [0, 0.1) is 11.8 Å². The van der Waals surface area contributed by atoms with Gasteiger partial charge in [0.1, 0.15) is 0 Å². The molecule has 2 rings (SSSR count). The Morgan fingerprint density at radius 2 is 1.73 bits per heavy atom. The third-order valence-electron chi connectivity index (χ3n) is 5.80. The van der Waals surface area contributed by atoms with E-state index in [2.05, 4.69) is 34.0 Å². The van der Waals surface area contributed by atoms with Gasteiger partial charge in [-0.25, -0.2) is 12.7 Å². The molecule has 0 amide bonds. The normalized spacial score (nSPS) is 23.8. The van der Waals surface area contributed by atoms with Crippen LogP contribution in [0.25, 0.3) is 0 Å². The van der Waals surface area contributed by atoms with Crippen LogP contribution in [0.5, 0.6) is 0 Å². The number of guanidine groups is 1. The molecular formula is C18H37N5O2S. The zero-order valence-corrected chi connectivity index (χ0v) is 17.8. The second-order valence-corrected chi connectivity index (χ2v) is 9.60. The van der Waals surface area contributed by atoms with Crippen LogP contribution in [0.15, 0.2) is 4.99 Å². The van der Waals surface area contributed by atoms with Gasteiger partial charge in [0.25, 0.3) is 0 Å². The van der Waals surface area contributed by atoms with Crippen molar-refractivity contribution in [2.45, 2.75) is 33.1 Å². The summed E-state index contributed by atoms with van der Waals surface area (Å²) in [4.78, 5) is 9.35. The highest BCUT2D eigenvalue weighted by Gasteiger charge is 2.28. The first-order chi connectivity index (χ1) is 12.4. The third kappa shape index (κ3) is 6.09. The van der Waals surface area contributed by atoms with Gasteiger partial charge in [0, 0.05) is 46.3 Å². The van der Waals surface area contributed by atoms with Crippen molar-refractivity contribution in [1.82, 2.24) is 19.4 Å². The molecule has 2 fully saturated rings. The Kier molecular flexibility index (Phi) is 8.16. The number of nitrogens with one attached hydrogen (secondary N) is 1. The molecule has 1 unspecified atom stereocenters. The summed E-state index contributed by atoms with van der Waals surface area (Å²) in [5.41, 5.74) is 0. The maximum Gasteiger partial charge on any atom is 0.211 e. The number of nitrogens with zero attached hydrogens (tertiary/aromatic N) is 4. The predicted octanol–water partition coefficient (Wildman–Crippen LogP) is 0.897. The minimum absolute atomic E-state index is 0.513. The number of aliphatic imine (C=N–C) groups is 1. The molecular weight excluding hydrogens is 350 g/mol. The average molecular weight is 388 g/mol. The zero-order valence-electron chi connectivity index (χ0n) is 16.9. The van der Waals surface area contributed by atoms with Gasteiger partial charge in [-0.05, 0) is 44.2 Å². The summed E-state index contributed by atoms with van der Waals surface area (Å²) >= 11 is 0. The lowest BCUT2D eigenvalue weighted by Crippen LogP contribution is -2.45. The van der Waals surface area contributed by atoms with E-state index in [4.69, 9.17) is 0 Å². The highest BCUT2D eigenvalue weighted by Crippen LogP contribution is 2.20.